The minimum Gasteiger partial charge on any atom is -0.326 e. The molecule has 2 amide bonds. The maximum absolute atomic E-state index is 12.9. The van der Waals surface area contributed by atoms with Crippen molar-refractivity contribution in [2.24, 2.45) is 5.92 Å². The molecule has 2 aliphatic rings. The summed E-state index contributed by atoms with van der Waals surface area (Å²) >= 11 is 6.36. The van der Waals surface area contributed by atoms with Gasteiger partial charge < -0.3 is 10.2 Å². The Labute approximate surface area is 193 Å². The van der Waals surface area contributed by atoms with Gasteiger partial charge in [-0.2, -0.15) is 4.31 Å². The van der Waals surface area contributed by atoms with Gasteiger partial charge in [-0.1, -0.05) is 29.3 Å². The SMILES string of the molecule is Cc1ccc(S(=O)(=O)N2CCC(C(=O)Nc3ccc(N4CCCC4=O)c(Cl)c3)CC2)cc1. The second-order valence-corrected chi connectivity index (χ2v) is 10.6. The molecular weight excluding hydrogens is 450 g/mol. The molecule has 2 aliphatic heterocycles. The first-order valence-electron chi connectivity index (χ1n) is 10.7. The van der Waals surface area contributed by atoms with Gasteiger partial charge in [-0.25, -0.2) is 8.42 Å². The summed E-state index contributed by atoms with van der Waals surface area (Å²) in [6.07, 6.45) is 2.23. The van der Waals surface area contributed by atoms with E-state index in [1.165, 1.54) is 4.31 Å². The number of anilines is 2. The molecular formula is C23H26ClN3O4S. The van der Waals surface area contributed by atoms with E-state index in [1.807, 2.05) is 6.92 Å². The van der Waals surface area contributed by atoms with Crippen LogP contribution in [0.3, 0.4) is 0 Å². The Balaban J connectivity index is 1.36. The van der Waals surface area contributed by atoms with E-state index in [9.17, 15) is 18.0 Å². The third kappa shape index (κ3) is 4.67. The highest BCUT2D eigenvalue weighted by atomic mass is 35.5. The number of hydrogen-bond donors (Lipinski definition) is 1. The number of nitrogens with one attached hydrogen (secondary N) is 1. The maximum atomic E-state index is 12.9. The van der Waals surface area contributed by atoms with Gasteiger partial charge >= 0.3 is 0 Å². The molecule has 0 aliphatic carbocycles. The number of hydrogen-bond acceptors (Lipinski definition) is 4. The lowest BCUT2D eigenvalue weighted by molar-refractivity contribution is -0.121. The Morgan fingerprint density at radius 3 is 2.34 bits per heavy atom. The van der Waals surface area contributed by atoms with Gasteiger partial charge in [-0.05, 0) is 56.5 Å². The molecule has 4 rings (SSSR count). The molecule has 32 heavy (non-hydrogen) atoms. The van der Waals surface area contributed by atoms with Crippen LogP contribution in [0, 0.1) is 12.8 Å². The zero-order valence-corrected chi connectivity index (χ0v) is 19.5. The molecule has 170 valence electrons. The molecule has 0 radical (unpaired) electrons. The molecule has 0 atom stereocenters. The quantitative estimate of drug-likeness (QED) is 0.712. The summed E-state index contributed by atoms with van der Waals surface area (Å²) in [4.78, 5) is 26.6. The standard InChI is InChI=1S/C23H26ClN3O4S/c1-16-4-7-19(8-5-16)32(30,31)26-13-10-17(11-14-26)23(29)25-18-6-9-21(20(24)15-18)27-12-2-3-22(27)28/h4-9,15,17H,2-3,10-14H2,1H3,(H,25,29). The van der Waals surface area contributed by atoms with E-state index in [1.54, 1.807) is 47.4 Å². The van der Waals surface area contributed by atoms with Crippen LogP contribution in [0.1, 0.15) is 31.2 Å². The van der Waals surface area contributed by atoms with E-state index < -0.39 is 10.0 Å². The highest BCUT2D eigenvalue weighted by Gasteiger charge is 2.32. The van der Waals surface area contributed by atoms with Crippen LogP contribution < -0.4 is 10.2 Å². The topological polar surface area (TPSA) is 86.8 Å². The highest BCUT2D eigenvalue weighted by molar-refractivity contribution is 7.89. The summed E-state index contributed by atoms with van der Waals surface area (Å²) in [7, 11) is -3.56. The monoisotopic (exact) mass is 475 g/mol. The maximum Gasteiger partial charge on any atom is 0.243 e. The molecule has 2 fully saturated rings. The number of halogens is 1. The summed E-state index contributed by atoms with van der Waals surface area (Å²) in [5.41, 5.74) is 2.21. The number of rotatable bonds is 5. The molecule has 0 spiro atoms. The van der Waals surface area contributed by atoms with Gasteiger partial charge in [-0.15, -0.1) is 0 Å². The van der Waals surface area contributed by atoms with Crippen molar-refractivity contribution in [2.75, 3.05) is 29.9 Å². The molecule has 2 aromatic rings. The van der Waals surface area contributed by atoms with Crippen molar-refractivity contribution in [3.05, 3.63) is 53.1 Å². The fraction of sp³-hybridized carbons (Fsp3) is 0.391. The number of aryl methyl sites for hydroxylation is 1. The van der Waals surface area contributed by atoms with Crippen molar-refractivity contribution in [3.63, 3.8) is 0 Å². The van der Waals surface area contributed by atoms with Crippen molar-refractivity contribution in [2.45, 2.75) is 37.5 Å². The first-order chi connectivity index (χ1) is 15.3. The minimum atomic E-state index is -3.56. The zero-order valence-electron chi connectivity index (χ0n) is 17.9. The Morgan fingerprint density at radius 2 is 1.75 bits per heavy atom. The largest absolute Gasteiger partial charge is 0.326 e. The van der Waals surface area contributed by atoms with Crippen LogP contribution in [0.5, 0.6) is 0 Å². The van der Waals surface area contributed by atoms with Gasteiger partial charge in [0.2, 0.25) is 21.8 Å². The van der Waals surface area contributed by atoms with Crippen molar-refractivity contribution >= 4 is 44.8 Å². The molecule has 2 saturated heterocycles. The summed E-state index contributed by atoms with van der Waals surface area (Å²) < 4.78 is 27.1. The second-order valence-electron chi connectivity index (χ2n) is 8.30. The van der Waals surface area contributed by atoms with E-state index in [-0.39, 0.29) is 22.6 Å². The summed E-state index contributed by atoms with van der Waals surface area (Å²) in [6.45, 7) is 3.15. The summed E-state index contributed by atoms with van der Waals surface area (Å²) in [6, 6.07) is 11.9. The Kier molecular flexibility index (Phi) is 6.55. The molecule has 0 bridgehead atoms. The van der Waals surface area contributed by atoms with E-state index in [4.69, 9.17) is 11.6 Å². The van der Waals surface area contributed by atoms with Crippen LogP contribution in [0.15, 0.2) is 47.4 Å². The van der Waals surface area contributed by atoms with Crippen molar-refractivity contribution in [1.29, 1.82) is 0 Å². The minimum absolute atomic E-state index is 0.0519. The molecule has 1 N–H and O–H groups in total. The van der Waals surface area contributed by atoms with Crippen LogP contribution in [0.2, 0.25) is 5.02 Å². The molecule has 9 heteroatoms. The van der Waals surface area contributed by atoms with E-state index >= 15 is 0 Å². The lowest BCUT2D eigenvalue weighted by Crippen LogP contribution is -2.41. The third-order valence-corrected chi connectivity index (χ3v) is 8.28. The number of benzene rings is 2. The van der Waals surface area contributed by atoms with Gasteiger partial charge in [0, 0.05) is 37.7 Å². The average Bonchev–Trinajstić information content (AvgIpc) is 3.20. The number of piperidine rings is 1. The predicted molar refractivity (Wildman–Crippen MR) is 124 cm³/mol. The van der Waals surface area contributed by atoms with Gasteiger partial charge in [0.25, 0.3) is 0 Å². The van der Waals surface area contributed by atoms with Crippen LogP contribution in [-0.2, 0) is 19.6 Å². The highest BCUT2D eigenvalue weighted by Crippen LogP contribution is 2.32. The fourth-order valence-corrected chi connectivity index (χ4v) is 5.92. The average molecular weight is 476 g/mol. The number of carbonyl (C=O) groups excluding carboxylic acids is 2. The van der Waals surface area contributed by atoms with Crippen molar-refractivity contribution < 1.29 is 18.0 Å². The van der Waals surface area contributed by atoms with E-state index in [2.05, 4.69) is 5.32 Å². The van der Waals surface area contributed by atoms with Crippen LogP contribution in [-0.4, -0.2) is 44.2 Å². The lowest BCUT2D eigenvalue weighted by Gasteiger charge is -2.30. The number of carbonyl (C=O) groups is 2. The zero-order chi connectivity index (χ0) is 22.9. The number of amides is 2. The normalized spacial score (nSPS) is 18.2. The van der Waals surface area contributed by atoms with Crippen LogP contribution in [0.25, 0.3) is 0 Å². The van der Waals surface area contributed by atoms with Gasteiger partial charge in [0.05, 0.1) is 15.6 Å². The van der Waals surface area contributed by atoms with Crippen LogP contribution in [0.4, 0.5) is 11.4 Å². The fourth-order valence-electron chi connectivity index (χ4n) is 4.17. The van der Waals surface area contributed by atoms with Gasteiger partial charge in [0.15, 0.2) is 0 Å². The number of sulfonamides is 1. The predicted octanol–water partition coefficient (Wildman–Crippen LogP) is 3.81. The first kappa shape index (κ1) is 22.8. The van der Waals surface area contributed by atoms with Gasteiger partial charge in [-0.3, -0.25) is 9.59 Å². The molecule has 0 saturated carbocycles. The van der Waals surface area contributed by atoms with Crippen molar-refractivity contribution in [3.8, 4) is 0 Å². The Bertz CT molecular complexity index is 1130. The smallest absolute Gasteiger partial charge is 0.243 e. The molecule has 2 aromatic carbocycles. The molecule has 2 heterocycles. The Morgan fingerprint density at radius 1 is 1.06 bits per heavy atom. The van der Waals surface area contributed by atoms with Gasteiger partial charge in [0.1, 0.15) is 0 Å². The molecule has 0 aromatic heterocycles. The Hall–Kier alpha value is -2.42. The summed E-state index contributed by atoms with van der Waals surface area (Å²) in [5.74, 6) is -0.382. The third-order valence-electron chi connectivity index (χ3n) is 6.06. The second kappa shape index (κ2) is 9.21. The molecule has 0 unspecified atom stereocenters. The van der Waals surface area contributed by atoms with E-state index in [0.717, 1.165) is 12.0 Å². The van der Waals surface area contributed by atoms with E-state index in [0.29, 0.717) is 55.3 Å². The lowest BCUT2D eigenvalue weighted by atomic mass is 9.97. The summed E-state index contributed by atoms with van der Waals surface area (Å²) in [5, 5.41) is 3.29. The van der Waals surface area contributed by atoms with Crippen LogP contribution >= 0.6 is 11.6 Å². The molecule has 7 nitrogen and oxygen atoms in total. The number of nitrogens with zero attached hydrogens (tertiary/aromatic N) is 2. The van der Waals surface area contributed by atoms with Crippen molar-refractivity contribution in [1.82, 2.24) is 4.31 Å². The first-order valence-corrected chi connectivity index (χ1v) is 12.5.